The van der Waals surface area contributed by atoms with Crippen LogP contribution in [-0.2, 0) is 32.1 Å². The Bertz CT molecular complexity index is 1200. The Labute approximate surface area is 214 Å². The zero-order valence-corrected chi connectivity index (χ0v) is 20.1. The fourth-order valence-electron chi connectivity index (χ4n) is 3.46. The maximum atomic E-state index is 13.0. The summed E-state index contributed by atoms with van der Waals surface area (Å²) < 4.78 is 5.20. The van der Waals surface area contributed by atoms with Crippen LogP contribution in [-0.4, -0.2) is 35.1 Å². The molecule has 10 nitrogen and oxygen atoms in total. The minimum Gasteiger partial charge on any atom is -0.444 e. The third kappa shape index (κ3) is 8.48. The molecule has 0 saturated carbocycles. The highest BCUT2D eigenvalue weighted by Gasteiger charge is 2.25. The summed E-state index contributed by atoms with van der Waals surface area (Å²) in [6.07, 6.45) is -0.567. The van der Waals surface area contributed by atoms with Gasteiger partial charge in [0, 0.05) is 12.1 Å². The first-order chi connectivity index (χ1) is 17.9. The lowest BCUT2D eigenvalue weighted by molar-refractivity contribution is -0.145. The molecule has 5 N–H and O–H groups in total. The van der Waals surface area contributed by atoms with Gasteiger partial charge in [0.25, 0.3) is 0 Å². The quantitative estimate of drug-likeness (QED) is 0.172. The second-order valence-electron chi connectivity index (χ2n) is 8.20. The number of anilines is 1. The third-order valence-corrected chi connectivity index (χ3v) is 5.44. The second-order valence-corrected chi connectivity index (χ2v) is 8.20. The lowest BCUT2D eigenvalue weighted by atomic mass is 10.0. The van der Waals surface area contributed by atoms with Gasteiger partial charge in [-0.2, -0.15) is 0 Å². The summed E-state index contributed by atoms with van der Waals surface area (Å²) >= 11 is 0. The molecular weight excluding hydrogens is 476 g/mol. The van der Waals surface area contributed by atoms with Crippen LogP contribution in [0.5, 0.6) is 0 Å². The highest BCUT2D eigenvalue weighted by atomic mass is 16.5. The zero-order valence-electron chi connectivity index (χ0n) is 20.1. The van der Waals surface area contributed by atoms with E-state index in [2.05, 4.69) is 16.0 Å². The Balaban J connectivity index is 1.62. The summed E-state index contributed by atoms with van der Waals surface area (Å²) in [4.78, 5) is 48.6. The SMILES string of the molecule is C[C@H](NC(=O)[C@H](Cc1ccc(NC(=O)OCc2ccccc2)cc1)NC(=O)C(=O)NO)c1ccccc1. The van der Waals surface area contributed by atoms with Gasteiger partial charge in [-0.1, -0.05) is 72.8 Å². The van der Waals surface area contributed by atoms with Gasteiger partial charge in [-0.05, 0) is 35.7 Å². The summed E-state index contributed by atoms with van der Waals surface area (Å²) in [7, 11) is 0. The predicted octanol–water partition coefficient (Wildman–Crippen LogP) is 2.85. The van der Waals surface area contributed by atoms with Crippen LogP contribution in [0.2, 0.25) is 0 Å². The summed E-state index contributed by atoms with van der Waals surface area (Å²) in [5.74, 6) is -2.96. The molecule has 0 unspecified atom stereocenters. The van der Waals surface area contributed by atoms with Gasteiger partial charge < -0.3 is 15.4 Å². The number of rotatable bonds is 9. The summed E-state index contributed by atoms with van der Waals surface area (Å²) in [5.41, 5.74) is 4.10. The molecule has 0 aliphatic rings. The highest BCUT2D eigenvalue weighted by molar-refractivity contribution is 6.35. The average molecular weight is 505 g/mol. The number of hydrogen-bond acceptors (Lipinski definition) is 6. The molecule has 3 aromatic rings. The van der Waals surface area contributed by atoms with Crippen molar-refractivity contribution >= 4 is 29.5 Å². The van der Waals surface area contributed by atoms with E-state index >= 15 is 0 Å². The Morgan fingerprint density at radius 1 is 0.784 bits per heavy atom. The number of nitrogens with one attached hydrogen (secondary N) is 4. The van der Waals surface area contributed by atoms with Gasteiger partial charge >= 0.3 is 17.9 Å². The van der Waals surface area contributed by atoms with E-state index in [1.807, 2.05) is 60.7 Å². The molecule has 0 aliphatic heterocycles. The molecule has 3 rings (SSSR count). The maximum Gasteiger partial charge on any atom is 0.411 e. The largest absolute Gasteiger partial charge is 0.444 e. The number of ether oxygens (including phenoxy) is 1. The Morgan fingerprint density at radius 2 is 1.41 bits per heavy atom. The molecule has 0 saturated heterocycles. The van der Waals surface area contributed by atoms with Crippen LogP contribution in [0.15, 0.2) is 84.9 Å². The van der Waals surface area contributed by atoms with Gasteiger partial charge in [0.1, 0.15) is 12.6 Å². The molecule has 10 heteroatoms. The van der Waals surface area contributed by atoms with Crippen LogP contribution < -0.4 is 21.4 Å². The van der Waals surface area contributed by atoms with Crippen molar-refractivity contribution in [1.82, 2.24) is 16.1 Å². The summed E-state index contributed by atoms with van der Waals surface area (Å²) in [6, 6.07) is 23.7. The second kappa shape index (κ2) is 13.4. The fourth-order valence-corrected chi connectivity index (χ4v) is 3.46. The lowest BCUT2D eigenvalue weighted by Gasteiger charge is -2.21. The van der Waals surface area contributed by atoms with E-state index in [1.54, 1.807) is 31.2 Å². The monoisotopic (exact) mass is 504 g/mol. The van der Waals surface area contributed by atoms with Gasteiger partial charge in [0.2, 0.25) is 5.91 Å². The molecule has 0 bridgehead atoms. The van der Waals surface area contributed by atoms with Crippen molar-refractivity contribution in [2.24, 2.45) is 0 Å². The molecule has 0 heterocycles. The number of amides is 4. The maximum absolute atomic E-state index is 13.0. The van der Waals surface area contributed by atoms with Crippen molar-refractivity contribution in [3.8, 4) is 0 Å². The number of carbonyl (C=O) groups excluding carboxylic acids is 4. The molecule has 4 amide bonds. The Hall–Kier alpha value is -4.70. The van der Waals surface area contributed by atoms with E-state index in [-0.39, 0.29) is 19.1 Å². The topological polar surface area (TPSA) is 146 Å². The van der Waals surface area contributed by atoms with Crippen LogP contribution in [0.25, 0.3) is 0 Å². The van der Waals surface area contributed by atoms with Crippen molar-refractivity contribution in [2.75, 3.05) is 5.32 Å². The number of benzene rings is 3. The first kappa shape index (κ1) is 26.9. The number of hydroxylamine groups is 1. The van der Waals surface area contributed by atoms with Crippen molar-refractivity contribution < 1.29 is 29.1 Å². The van der Waals surface area contributed by atoms with Crippen LogP contribution in [0.1, 0.15) is 29.7 Å². The van der Waals surface area contributed by atoms with Crippen molar-refractivity contribution in [3.05, 3.63) is 102 Å². The van der Waals surface area contributed by atoms with Crippen LogP contribution in [0, 0.1) is 0 Å². The van der Waals surface area contributed by atoms with Crippen molar-refractivity contribution in [3.63, 3.8) is 0 Å². The van der Waals surface area contributed by atoms with Crippen LogP contribution >= 0.6 is 0 Å². The smallest absolute Gasteiger partial charge is 0.411 e. The fraction of sp³-hybridized carbons (Fsp3) is 0.185. The van der Waals surface area contributed by atoms with Gasteiger partial charge in [0.05, 0.1) is 6.04 Å². The molecular formula is C27H28N4O6. The van der Waals surface area contributed by atoms with Gasteiger partial charge in [-0.15, -0.1) is 0 Å². The Morgan fingerprint density at radius 3 is 2.03 bits per heavy atom. The molecule has 2 atom stereocenters. The first-order valence-electron chi connectivity index (χ1n) is 11.5. The van der Waals surface area contributed by atoms with E-state index < -0.39 is 29.9 Å². The highest BCUT2D eigenvalue weighted by Crippen LogP contribution is 2.15. The molecule has 0 aliphatic carbocycles. The average Bonchev–Trinajstić information content (AvgIpc) is 2.93. The minimum absolute atomic E-state index is 0.0521. The van der Waals surface area contributed by atoms with E-state index in [9.17, 15) is 19.2 Å². The number of hydrogen-bond donors (Lipinski definition) is 5. The van der Waals surface area contributed by atoms with Crippen molar-refractivity contribution in [1.29, 1.82) is 0 Å². The van der Waals surface area contributed by atoms with Crippen molar-refractivity contribution in [2.45, 2.75) is 32.0 Å². The Kier molecular flexibility index (Phi) is 9.74. The van der Waals surface area contributed by atoms with Gasteiger partial charge in [-0.3, -0.25) is 24.9 Å². The zero-order chi connectivity index (χ0) is 26.6. The van der Waals surface area contributed by atoms with E-state index in [0.717, 1.165) is 11.1 Å². The van der Waals surface area contributed by atoms with E-state index in [1.165, 1.54) is 5.48 Å². The van der Waals surface area contributed by atoms with Crippen LogP contribution in [0.3, 0.4) is 0 Å². The third-order valence-electron chi connectivity index (χ3n) is 5.44. The molecule has 192 valence electrons. The molecule has 0 radical (unpaired) electrons. The summed E-state index contributed by atoms with van der Waals surface area (Å²) in [5, 5.41) is 16.5. The first-order valence-corrected chi connectivity index (χ1v) is 11.5. The van der Waals surface area contributed by atoms with E-state index in [0.29, 0.717) is 11.3 Å². The van der Waals surface area contributed by atoms with E-state index in [4.69, 9.17) is 9.94 Å². The molecule has 0 aromatic heterocycles. The number of carbonyl (C=O) groups is 4. The standard InChI is InChI=1S/C27H28N4O6/c1-18(21-10-6-3-7-11-21)28-24(32)23(30-25(33)26(34)31-36)16-19-12-14-22(15-13-19)29-27(35)37-17-20-8-4-2-5-9-20/h2-15,18,23,36H,16-17H2,1H3,(H,28,32)(H,29,35)(H,30,33)(H,31,34)/t18-,23-/m0/s1. The van der Waals surface area contributed by atoms with Crippen LogP contribution in [0.4, 0.5) is 10.5 Å². The molecule has 0 spiro atoms. The molecule has 3 aromatic carbocycles. The minimum atomic E-state index is -1.29. The molecule has 37 heavy (non-hydrogen) atoms. The normalized spacial score (nSPS) is 11.9. The van der Waals surface area contributed by atoms with Gasteiger partial charge in [-0.25, -0.2) is 10.3 Å². The summed E-state index contributed by atoms with van der Waals surface area (Å²) in [6.45, 7) is 1.92. The van der Waals surface area contributed by atoms with Gasteiger partial charge in [0.15, 0.2) is 0 Å². The molecule has 0 fully saturated rings. The lowest BCUT2D eigenvalue weighted by Crippen LogP contribution is -2.52. The predicted molar refractivity (Wildman–Crippen MR) is 135 cm³/mol.